The zero-order valence-electron chi connectivity index (χ0n) is 5.91. The molecule has 53 valence electrons. The van der Waals surface area contributed by atoms with Gasteiger partial charge in [-0.1, -0.05) is 6.92 Å². The van der Waals surface area contributed by atoms with Crippen LogP contribution in [0.25, 0.3) is 0 Å². The Bertz CT molecular complexity index is 80.9. The van der Waals surface area contributed by atoms with Crippen molar-refractivity contribution in [3.63, 3.8) is 0 Å². The van der Waals surface area contributed by atoms with E-state index >= 15 is 0 Å². The van der Waals surface area contributed by atoms with E-state index in [4.69, 9.17) is 4.74 Å². The second-order valence-corrected chi connectivity index (χ2v) is 2.24. The van der Waals surface area contributed by atoms with Crippen LogP contribution in [0.15, 0.2) is 5.76 Å². The monoisotopic (exact) mass is 239 g/mol. The summed E-state index contributed by atoms with van der Waals surface area (Å²) in [5.74, 6) is 0.987. The van der Waals surface area contributed by atoms with Gasteiger partial charge in [0.25, 0.3) is 0 Å². The molecule has 0 saturated carbocycles. The average molecular weight is 239 g/mol. The van der Waals surface area contributed by atoms with Crippen LogP contribution in [-0.2, 0) is 4.74 Å². The first kappa shape index (κ1) is 9.27. The minimum atomic E-state index is 0.755. The van der Waals surface area contributed by atoms with E-state index < -0.39 is 0 Å². The molecule has 0 amide bonds. The molecule has 0 aliphatic carbocycles. The first-order valence-corrected chi connectivity index (χ1v) is 4.28. The molecule has 0 heterocycles. The van der Waals surface area contributed by atoms with Crippen molar-refractivity contribution < 1.29 is 4.74 Å². The van der Waals surface area contributed by atoms with Gasteiger partial charge in [-0.05, 0) is 35.9 Å². The molecule has 9 heavy (non-hydrogen) atoms. The van der Waals surface area contributed by atoms with Gasteiger partial charge in [-0.15, -0.1) is 0 Å². The van der Waals surface area contributed by atoms with Crippen molar-refractivity contribution in [2.75, 3.05) is 6.61 Å². The number of halogens is 1. The molecular weight excluding hydrogens is 227 g/mol. The Hall–Kier alpha value is 0.270. The molecular formula is C7H12IO. The van der Waals surface area contributed by atoms with Crippen molar-refractivity contribution >= 4 is 22.6 Å². The van der Waals surface area contributed by atoms with Crippen molar-refractivity contribution in [3.8, 4) is 0 Å². The van der Waals surface area contributed by atoms with Crippen LogP contribution in [0.2, 0.25) is 0 Å². The van der Waals surface area contributed by atoms with Crippen molar-refractivity contribution in [1.29, 1.82) is 0 Å². The predicted molar refractivity (Wildman–Crippen MR) is 47.3 cm³/mol. The third kappa shape index (κ3) is 4.75. The van der Waals surface area contributed by atoms with Gasteiger partial charge in [0.2, 0.25) is 0 Å². The lowest BCUT2D eigenvalue weighted by Crippen LogP contribution is -1.89. The SMILES string of the molecule is CCCC(=[C]I)OCC. The molecule has 0 spiro atoms. The molecule has 1 nitrogen and oxygen atoms in total. The van der Waals surface area contributed by atoms with E-state index in [1.54, 1.807) is 0 Å². The van der Waals surface area contributed by atoms with Gasteiger partial charge >= 0.3 is 0 Å². The average Bonchev–Trinajstić information content (AvgIpc) is 1.88. The van der Waals surface area contributed by atoms with Crippen molar-refractivity contribution in [2.24, 2.45) is 0 Å². The third-order valence-corrected chi connectivity index (χ3v) is 1.50. The fraction of sp³-hybridized carbons (Fsp3) is 0.714. The first-order chi connectivity index (χ1) is 4.35. The highest BCUT2D eigenvalue weighted by molar-refractivity contribution is 14.1. The smallest absolute Gasteiger partial charge is 0.110 e. The molecule has 1 radical (unpaired) electrons. The predicted octanol–water partition coefficient (Wildman–Crippen LogP) is 2.90. The van der Waals surface area contributed by atoms with Gasteiger partial charge in [0.1, 0.15) is 5.76 Å². The minimum Gasteiger partial charge on any atom is -0.497 e. The zero-order valence-corrected chi connectivity index (χ0v) is 8.07. The maximum atomic E-state index is 5.23. The van der Waals surface area contributed by atoms with Gasteiger partial charge in [-0.2, -0.15) is 0 Å². The second-order valence-electron chi connectivity index (χ2n) is 1.70. The minimum absolute atomic E-state index is 0.755. The topological polar surface area (TPSA) is 9.23 Å². The Morgan fingerprint density at radius 2 is 2.22 bits per heavy atom. The number of hydrogen-bond acceptors (Lipinski definition) is 1. The van der Waals surface area contributed by atoms with Gasteiger partial charge in [-0.25, -0.2) is 0 Å². The van der Waals surface area contributed by atoms with Crippen LogP contribution in [-0.4, -0.2) is 6.61 Å². The van der Waals surface area contributed by atoms with E-state index in [1.807, 2.05) is 6.92 Å². The first-order valence-electron chi connectivity index (χ1n) is 3.20. The van der Waals surface area contributed by atoms with Gasteiger partial charge in [0.05, 0.1) is 10.7 Å². The summed E-state index contributed by atoms with van der Waals surface area (Å²) in [5, 5.41) is 0. The third-order valence-electron chi connectivity index (χ3n) is 0.901. The van der Waals surface area contributed by atoms with Gasteiger partial charge in [0, 0.05) is 6.42 Å². The number of allylic oxidation sites excluding steroid dienone is 1. The van der Waals surface area contributed by atoms with E-state index in [1.165, 1.54) is 0 Å². The zero-order chi connectivity index (χ0) is 7.11. The summed E-state index contributed by atoms with van der Waals surface area (Å²) in [4.78, 5) is 0. The maximum absolute atomic E-state index is 5.23. The molecule has 0 bridgehead atoms. The summed E-state index contributed by atoms with van der Waals surface area (Å²) in [7, 11) is 0. The maximum Gasteiger partial charge on any atom is 0.110 e. The normalized spacial score (nSPS) is 11.7. The van der Waals surface area contributed by atoms with E-state index in [0.717, 1.165) is 25.2 Å². The highest BCUT2D eigenvalue weighted by Crippen LogP contribution is 2.07. The van der Waals surface area contributed by atoms with Crippen molar-refractivity contribution in [1.82, 2.24) is 0 Å². The van der Waals surface area contributed by atoms with Gasteiger partial charge < -0.3 is 4.74 Å². The summed E-state index contributed by atoms with van der Waals surface area (Å²) in [6.45, 7) is 4.88. The number of rotatable bonds is 4. The van der Waals surface area contributed by atoms with E-state index in [-0.39, 0.29) is 0 Å². The largest absolute Gasteiger partial charge is 0.497 e. The van der Waals surface area contributed by atoms with E-state index in [9.17, 15) is 0 Å². The quantitative estimate of drug-likeness (QED) is 0.541. The number of ether oxygens (including phenoxy) is 1. The lowest BCUT2D eigenvalue weighted by atomic mass is 10.3. The van der Waals surface area contributed by atoms with Gasteiger partial charge in [0.15, 0.2) is 0 Å². The molecule has 0 aromatic rings. The number of hydrogen-bond donors (Lipinski definition) is 0. The summed E-state index contributed by atoms with van der Waals surface area (Å²) in [5.41, 5.74) is 0. The summed E-state index contributed by atoms with van der Waals surface area (Å²) < 4.78 is 8.20. The fourth-order valence-electron chi connectivity index (χ4n) is 0.548. The highest BCUT2D eigenvalue weighted by atomic mass is 127. The molecule has 0 aliphatic rings. The Labute approximate surface area is 70.6 Å². The lowest BCUT2D eigenvalue weighted by molar-refractivity contribution is 0.218. The Morgan fingerprint density at radius 3 is 2.56 bits per heavy atom. The highest BCUT2D eigenvalue weighted by Gasteiger charge is 1.92. The standard InChI is InChI=1S/C7H12IO/c1-3-5-7(6-8)9-4-2/h3-5H2,1-2H3. The van der Waals surface area contributed by atoms with Crippen LogP contribution in [0.5, 0.6) is 0 Å². The Balaban J connectivity index is 3.43. The molecule has 0 N–H and O–H groups in total. The van der Waals surface area contributed by atoms with Crippen molar-refractivity contribution in [3.05, 3.63) is 9.84 Å². The molecule has 0 saturated heterocycles. The van der Waals surface area contributed by atoms with Crippen LogP contribution in [0.1, 0.15) is 26.7 Å². The Morgan fingerprint density at radius 1 is 1.56 bits per heavy atom. The van der Waals surface area contributed by atoms with Crippen molar-refractivity contribution in [2.45, 2.75) is 26.7 Å². The van der Waals surface area contributed by atoms with Crippen LogP contribution in [0.3, 0.4) is 0 Å². The van der Waals surface area contributed by atoms with Crippen LogP contribution < -0.4 is 0 Å². The van der Waals surface area contributed by atoms with Crippen LogP contribution in [0.4, 0.5) is 0 Å². The molecule has 2 heteroatoms. The molecule has 0 unspecified atom stereocenters. The fourth-order valence-corrected chi connectivity index (χ4v) is 0.973. The molecule has 0 fully saturated rings. The van der Waals surface area contributed by atoms with Crippen LogP contribution >= 0.6 is 22.6 Å². The molecule has 0 aromatic carbocycles. The van der Waals surface area contributed by atoms with Gasteiger partial charge in [-0.3, -0.25) is 0 Å². The Kier molecular flexibility index (Phi) is 6.58. The molecule has 0 rings (SSSR count). The molecule has 0 aromatic heterocycles. The lowest BCUT2D eigenvalue weighted by Gasteiger charge is -2.03. The van der Waals surface area contributed by atoms with Crippen LogP contribution in [0, 0.1) is 4.08 Å². The van der Waals surface area contributed by atoms with E-state index in [2.05, 4.69) is 33.6 Å². The molecule has 0 atom stereocenters. The molecule has 0 aliphatic heterocycles. The second kappa shape index (κ2) is 6.39. The summed E-state index contributed by atoms with van der Waals surface area (Å²) in [6.07, 6.45) is 2.14. The summed E-state index contributed by atoms with van der Waals surface area (Å²) in [6, 6.07) is 0. The summed E-state index contributed by atoms with van der Waals surface area (Å²) >= 11 is 2.08. The van der Waals surface area contributed by atoms with E-state index in [0.29, 0.717) is 0 Å².